The Balaban J connectivity index is 1.91. The Morgan fingerprint density at radius 1 is 1.52 bits per heavy atom. The monoisotopic (exact) mass is 294 g/mol. The molecule has 0 radical (unpaired) electrons. The summed E-state index contributed by atoms with van der Waals surface area (Å²) in [6.45, 7) is 8.28. The number of nitrogens with zero attached hydrogens (tertiary/aromatic N) is 2. The molecule has 0 bridgehead atoms. The Morgan fingerprint density at radius 3 is 2.86 bits per heavy atom. The molecule has 0 aromatic carbocycles. The van der Waals surface area contributed by atoms with E-state index in [0.29, 0.717) is 6.42 Å². The maximum absolute atomic E-state index is 11.8. The Bertz CT molecular complexity index is 472. The van der Waals surface area contributed by atoms with Crippen LogP contribution in [0.25, 0.3) is 0 Å². The molecule has 1 saturated heterocycles. The second kappa shape index (κ2) is 7.04. The van der Waals surface area contributed by atoms with Gasteiger partial charge < -0.3 is 10.4 Å². The van der Waals surface area contributed by atoms with E-state index in [9.17, 15) is 9.90 Å². The number of hydrogen-bond acceptors (Lipinski definition) is 4. The van der Waals surface area contributed by atoms with Gasteiger partial charge in [-0.1, -0.05) is 13.8 Å². The second-order valence-electron chi connectivity index (χ2n) is 6.21. The molecule has 0 saturated carbocycles. The summed E-state index contributed by atoms with van der Waals surface area (Å²) >= 11 is 0. The number of aromatic nitrogens is 2. The third-order valence-electron chi connectivity index (χ3n) is 4.14. The average Bonchev–Trinajstić information content (AvgIpc) is 2.76. The van der Waals surface area contributed by atoms with Gasteiger partial charge in [0.15, 0.2) is 0 Å². The number of aromatic amines is 1. The summed E-state index contributed by atoms with van der Waals surface area (Å²) < 4.78 is 0. The largest absolute Gasteiger partial charge is 0.391 e. The van der Waals surface area contributed by atoms with Gasteiger partial charge in [-0.2, -0.15) is 5.10 Å². The van der Waals surface area contributed by atoms with Crippen molar-refractivity contribution in [2.24, 2.45) is 5.92 Å². The maximum Gasteiger partial charge on any atom is 0.222 e. The fourth-order valence-corrected chi connectivity index (χ4v) is 2.59. The molecule has 1 aliphatic rings. The second-order valence-corrected chi connectivity index (χ2v) is 6.21. The van der Waals surface area contributed by atoms with Crippen LogP contribution in [0.2, 0.25) is 0 Å². The number of nitrogens with one attached hydrogen (secondary N) is 2. The SMILES string of the molecule is Cc1[nH]ncc1CN1CC[C@H](NC(=O)C(C)C)[C@@H](O)CC1. The minimum atomic E-state index is -0.469. The van der Waals surface area contributed by atoms with Gasteiger partial charge in [0.1, 0.15) is 0 Å². The summed E-state index contributed by atoms with van der Waals surface area (Å²) in [5.74, 6) is -0.0386. The number of aliphatic hydroxyl groups excluding tert-OH is 1. The molecule has 1 aliphatic heterocycles. The van der Waals surface area contributed by atoms with Gasteiger partial charge in [0.25, 0.3) is 0 Å². The first-order valence-electron chi connectivity index (χ1n) is 7.67. The minimum Gasteiger partial charge on any atom is -0.391 e. The first kappa shape index (κ1) is 16.0. The van der Waals surface area contributed by atoms with Gasteiger partial charge >= 0.3 is 0 Å². The Labute approximate surface area is 125 Å². The van der Waals surface area contributed by atoms with Gasteiger partial charge in [0.2, 0.25) is 5.91 Å². The highest BCUT2D eigenvalue weighted by molar-refractivity contribution is 5.78. The number of aliphatic hydroxyl groups is 1. The van der Waals surface area contributed by atoms with Crippen LogP contribution < -0.4 is 5.32 Å². The molecule has 0 aliphatic carbocycles. The number of likely N-dealkylation sites (tertiary alicyclic amines) is 1. The molecule has 0 unspecified atom stereocenters. The summed E-state index contributed by atoms with van der Waals surface area (Å²) in [4.78, 5) is 14.1. The standard InChI is InChI=1S/C15H26N4O2/c1-10(2)15(21)17-13-4-6-19(7-5-14(13)20)9-12-8-16-18-11(12)3/h8,10,13-14,20H,4-7,9H2,1-3H3,(H,16,18)(H,17,21)/t13-,14-/m0/s1. The highest BCUT2D eigenvalue weighted by Gasteiger charge is 2.26. The average molecular weight is 294 g/mol. The molecule has 21 heavy (non-hydrogen) atoms. The predicted molar refractivity (Wildman–Crippen MR) is 80.6 cm³/mol. The number of amides is 1. The van der Waals surface area contributed by atoms with E-state index in [2.05, 4.69) is 20.4 Å². The lowest BCUT2D eigenvalue weighted by Crippen LogP contribution is -2.44. The van der Waals surface area contributed by atoms with Crippen LogP contribution >= 0.6 is 0 Å². The van der Waals surface area contributed by atoms with Crippen molar-refractivity contribution >= 4 is 5.91 Å². The van der Waals surface area contributed by atoms with E-state index in [-0.39, 0.29) is 17.9 Å². The Morgan fingerprint density at radius 2 is 2.24 bits per heavy atom. The van der Waals surface area contributed by atoms with Crippen LogP contribution in [0.15, 0.2) is 6.20 Å². The van der Waals surface area contributed by atoms with Gasteiger partial charge in [-0.3, -0.25) is 14.8 Å². The molecule has 6 nitrogen and oxygen atoms in total. The minimum absolute atomic E-state index is 0.0122. The smallest absolute Gasteiger partial charge is 0.222 e. The van der Waals surface area contributed by atoms with Crippen molar-refractivity contribution in [2.75, 3.05) is 13.1 Å². The molecule has 0 spiro atoms. The predicted octanol–water partition coefficient (Wildman–Crippen LogP) is 0.816. The molecule has 1 fully saturated rings. The van der Waals surface area contributed by atoms with E-state index < -0.39 is 6.10 Å². The van der Waals surface area contributed by atoms with Gasteiger partial charge in [0, 0.05) is 36.8 Å². The van der Waals surface area contributed by atoms with E-state index in [1.807, 2.05) is 27.0 Å². The maximum atomic E-state index is 11.8. The van der Waals surface area contributed by atoms with Crippen LogP contribution in [-0.4, -0.2) is 51.3 Å². The lowest BCUT2D eigenvalue weighted by Gasteiger charge is -2.22. The molecular weight excluding hydrogens is 268 g/mol. The lowest BCUT2D eigenvalue weighted by atomic mass is 10.1. The molecule has 2 rings (SSSR count). The van der Waals surface area contributed by atoms with Gasteiger partial charge in [-0.25, -0.2) is 0 Å². The van der Waals surface area contributed by atoms with Gasteiger partial charge in [-0.15, -0.1) is 0 Å². The first-order chi connectivity index (χ1) is 9.97. The summed E-state index contributed by atoms with van der Waals surface area (Å²) in [5.41, 5.74) is 2.28. The number of H-pyrrole nitrogens is 1. The summed E-state index contributed by atoms with van der Waals surface area (Å²) in [6.07, 6.45) is 2.84. The fraction of sp³-hybridized carbons (Fsp3) is 0.733. The van der Waals surface area contributed by atoms with Gasteiger partial charge in [-0.05, 0) is 19.8 Å². The van der Waals surface area contributed by atoms with Crippen LogP contribution in [0.4, 0.5) is 0 Å². The molecule has 1 aromatic rings. The highest BCUT2D eigenvalue weighted by atomic mass is 16.3. The third kappa shape index (κ3) is 4.28. The van der Waals surface area contributed by atoms with Crippen LogP contribution in [0.5, 0.6) is 0 Å². The van der Waals surface area contributed by atoms with E-state index >= 15 is 0 Å². The first-order valence-corrected chi connectivity index (χ1v) is 7.67. The van der Waals surface area contributed by atoms with Crippen molar-refractivity contribution < 1.29 is 9.90 Å². The van der Waals surface area contributed by atoms with Crippen molar-refractivity contribution in [1.82, 2.24) is 20.4 Å². The van der Waals surface area contributed by atoms with E-state index in [0.717, 1.165) is 31.7 Å². The number of hydrogen-bond donors (Lipinski definition) is 3. The van der Waals surface area contributed by atoms with E-state index in [1.54, 1.807) is 0 Å². The molecule has 2 heterocycles. The molecule has 118 valence electrons. The summed E-state index contributed by atoms with van der Waals surface area (Å²) in [6, 6.07) is -0.143. The van der Waals surface area contributed by atoms with E-state index in [1.165, 1.54) is 5.56 Å². The molecule has 2 atom stereocenters. The lowest BCUT2D eigenvalue weighted by molar-refractivity contribution is -0.125. The van der Waals surface area contributed by atoms with Gasteiger partial charge in [0.05, 0.1) is 18.3 Å². The highest BCUT2D eigenvalue weighted by Crippen LogP contribution is 2.16. The molecule has 1 amide bonds. The van der Waals surface area contributed by atoms with E-state index in [4.69, 9.17) is 0 Å². The molecular formula is C15H26N4O2. The Hall–Kier alpha value is -1.40. The van der Waals surface area contributed by atoms with Crippen LogP contribution in [0.1, 0.15) is 37.9 Å². The number of carbonyl (C=O) groups is 1. The van der Waals surface area contributed by atoms with Crippen LogP contribution in [0, 0.1) is 12.8 Å². The number of rotatable bonds is 4. The summed E-state index contributed by atoms with van der Waals surface area (Å²) in [5, 5.41) is 20.2. The molecule has 6 heteroatoms. The summed E-state index contributed by atoms with van der Waals surface area (Å²) in [7, 11) is 0. The fourth-order valence-electron chi connectivity index (χ4n) is 2.59. The van der Waals surface area contributed by atoms with Crippen LogP contribution in [-0.2, 0) is 11.3 Å². The molecule has 3 N–H and O–H groups in total. The third-order valence-corrected chi connectivity index (χ3v) is 4.14. The van der Waals surface area contributed by atoms with Crippen LogP contribution in [0.3, 0.4) is 0 Å². The zero-order valence-electron chi connectivity index (χ0n) is 13.1. The Kier molecular flexibility index (Phi) is 5.36. The molecule has 1 aromatic heterocycles. The normalized spacial score (nSPS) is 24.0. The quantitative estimate of drug-likeness (QED) is 0.768. The number of aryl methyl sites for hydroxylation is 1. The van der Waals surface area contributed by atoms with Crippen molar-refractivity contribution in [3.8, 4) is 0 Å². The topological polar surface area (TPSA) is 81.2 Å². The zero-order valence-corrected chi connectivity index (χ0v) is 13.1. The van der Waals surface area contributed by atoms with Crippen molar-refractivity contribution in [3.05, 3.63) is 17.5 Å². The zero-order chi connectivity index (χ0) is 15.4. The van der Waals surface area contributed by atoms with Crippen molar-refractivity contribution in [2.45, 2.75) is 52.3 Å². The van der Waals surface area contributed by atoms with Crippen molar-refractivity contribution in [3.63, 3.8) is 0 Å². The van der Waals surface area contributed by atoms with Crippen molar-refractivity contribution in [1.29, 1.82) is 0 Å². The number of carbonyl (C=O) groups excluding carboxylic acids is 1.